The first kappa shape index (κ1) is 12.7. The van der Waals surface area contributed by atoms with Crippen LogP contribution in [0.15, 0.2) is 24.3 Å². The van der Waals surface area contributed by atoms with Gasteiger partial charge in [-0.1, -0.05) is 19.1 Å². The Morgan fingerprint density at radius 2 is 2.21 bits per heavy atom. The quantitative estimate of drug-likeness (QED) is 0.826. The third-order valence-corrected chi connectivity index (χ3v) is 4.25. The molecular formula is C16H21NO2. The largest absolute Gasteiger partial charge is 0.493 e. The summed E-state index contributed by atoms with van der Waals surface area (Å²) in [6, 6.07) is 8.61. The Morgan fingerprint density at radius 3 is 2.89 bits per heavy atom. The molecule has 102 valence electrons. The predicted octanol–water partition coefficient (Wildman–Crippen LogP) is 2.80. The summed E-state index contributed by atoms with van der Waals surface area (Å²) in [5.41, 5.74) is 0.760. The number of hydrogen-bond acceptors (Lipinski definition) is 3. The number of ether oxygens (including phenoxy) is 1. The lowest BCUT2D eigenvalue weighted by atomic mass is 9.83. The highest BCUT2D eigenvalue weighted by molar-refractivity contribution is 6.01. The molecule has 2 aliphatic heterocycles. The molecular weight excluding hydrogens is 238 g/mol. The highest BCUT2D eigenvalue weighted by Crippen LogP contribution is 2.36. The van der Waals surface area contributed by atoms with Crippen LogP contribution in [0.5, 0.6) is 5.75 Å². The van der Waals surface area contributed by atoms with Gasteiger partial charge in [-0.25, -0.2) is 0 Å². The molecule has 1 N–H and O–H groups in total. The first-order chi connectivity index (χ1) is 9.29. The molecule has 0 aliphatic carbocycles. The van der Waals surface area contributed by atoms with Crippen molar-refractivity contribution in [3.8, 4) is 5.75 Å². The van der Waals surface area contributed by atoms with Gasteiger partial charge in [0.15, 0.2) is 5.78 Å². The topological polar surface area (TPSA) is 38.3 Å². The maximum atomic E-state index is 12.7. The number of para-hydroxylation sites is 1. The van der Waals surface area contributed by atoms with Crippen molar-refractivity contribution in [1.29, 1.82) is 0 Å². The minimum Gasteiger partial charge on any atom is -0.493 e. The number of carbonyl (C=O) groups is 1. The standard InChI is InChI=1S/C16H21NO2/c1-2-9-19-15-6-4-3-5-12(15)16(18)13-10-11-7-8-14(13)17-11/h3-6,11,13-14,17H,2,7-10H2,1H3. The van der Waals surface area contributed by atoms with E-state index < -0.39 is 0 Å². The molecule has 2 fully saturated rings. The van der Waals surface area contributed by atoms with Crippen molar-refractivity contribution in [2.24, 2.45) is 5.92 Å². The van der Waals surface area contributed by atoms with E-state index in [4.69, 9.17) is 4.74 Å². The Balaban J connectivity index is 1.79. The summed E-state index contributed by atoms with van der Waals surface area (Å²) < 4.78 is 5.71. The number of ketones is 1. The van der Waals surface area contributed by atoms with Crippen LogP contribution in [-0.2, 0) is 0 Å². The lowest BCUT2D eigenvalue weighted by Crippen LogP contribution is -2.29. The molecule has 3 rings (SSSR count). The predicted molar refractivity (Wildman–Crippen MR) is 74.6 cm³/mol. The van der Waals surface area contributed by atoms with Gasteiger partial charge in [-0.15, -0.1) is 0 Å². The van der Waals surface area contributed by atoms with Gasteiger partial charge < -0.3 is 10.1 Å². The molecule has 3 nitrogen and oxygen atoms in total. The van der Waals surface area contributed by atoms with E-state index >= 15 is 0 Å². The number of hydrogen-bond donors (Lipinski definition) is 1. The fraction of sp³-hybridized carbons (Fsp3) is 0.562. The van der Waals surface area contributed by atoms with Crippen molar-refractivity contribution in [3.05, 3.63) is 29.8 Å². The molecule has 0 aromatic heterocycles. The smallest absolute Gasteiger partial charge is 0.171 e. The molecule has 1 aromatic carbocycles. The molecule has 0 radical (unpaired) electrons. The van der Waals surface area contributed by atoms with E-state index in [1.807, 2.05) is 24.3 Å². The zero-order valence-electron chi connectivity index (χ0n) is 11.4. The summed E-state index contributed by atoms with van der Waals surface area (Å²) in [5.74, 6) is 1.15. The van der Waals surface area contributed by atoms with Gasteiger partial charge in [0.25, 0.3) is 0 Å². The number of benzene rings is 1. The van der Waals surface area contributed by atoms with Crippen LogP contribution >= 0.6 is 0 Å². The molecule has 1 aromatic rings. The van der Waals surface area contributed by atoms with Crippen molar-refractivity contribution < 1.29 is 9.53 Å². The Bertz CT molecular complexity index is 472. The van der Waals surface area contributed by atoms with E-state index in [-0.39, 0.29) is 11.7 Å². The van der Waals surface area contributed by atoms with Crippen LogP contribution in [0.3, 0.4) is 0 Å². The van der Waals surface area contributed by atoms with Gasteiger partial charge in [0.05, 0.1) is 12.2 Å². The van der Waals surface area contributed by atoms with Gasteiger partial charge in [-0.3, -0.25) is 4.79 Å². The third kappa shape index (κ3) is 2.39. The van der Waals surface area contributed by atoms with Gasteiger partial charge in [0.2, 0.25) is 0 Å². The van der Waals surface area contributed by atoms with Crippen molar-refractivity contribution in [2.45, 2.75) is 44.7 Å². The highest BCUT2D eigenvalue weighted by Gasteiger charge is 2.43. The fourth-order valence-electron chi connectivity index (χ4n) is 3.32. The average molecular weight is 259 g/mol. The van der Waals surface area contributed by atoms with Crippen molar-refractivity contribution in [2.75, 3.05) is 6.61 Å². The summed E-state index contributed by atoms with van der Waals surface area (Å²) in [6.45, 7) is 2.74. The molecule has 2 aliphatic rings. The number of Topliss-reactive ketones (excluding diaryl/α,β-unsaturated/α-hetero) is 1. The minimum atomic E-state index is 0.144. The normalized spacial score (nSPS) is 28.6. The molecule has 0 amide bonds. The maximum absolute atomic E-state index is 12.7. The second-order valence-corrected chi connectivity index (χ2v) is 5.60. The first-order valence-electron chi connectivity index (χ1n) is 7.31. The third-order valence-electron chi connectivity index (χ3n) is 4.25. The zero-order valence-corrected chi connectivity index (χ0v) is 11.4. The number of carbonyl (C=O) groups excluding carboxylic acids is 1. The molecule has 0 spiro atoms. The summed E-state index contributed by atoms with van der Waals surface area (Å²) in [7, 11) is 0. The molecule has 3 atom stereocenters. The lowest BCUT2D eigenvalue weighted by molar-refractivity contribution is 0.0896. The van der Waals surface area contributed by atoms with Gasteiger partial charge in [-0.2, -0.15) is 0 Å². The zero-order chi connectivity index (χ0) is 13.2. The molecule has 2 bridgehead atoms. The average Bonchev–Trinajstić information content (AvgIpc) is 3.07. The highest BCUT2D eigenvalue weighted by atomic mass is 16.5. The monoisotopic (exact) mass is 259 g/mol. The molecule has 0 saturated carbocycles. The summed E-state index contributed by atoms with van der Waals surface area (Å²) >= 11 is 0. The van der Waals surface area contributed by atoms with Gasteiger partial charge in [0.1, 0.15) is 5.75 Å². The van der Waals surface area contributed by atoms with Crippen LogP contribution in [-0.4, -0.2) is 24.5 Å². The molecule has 3 unspecified atom stereocenters. The van der Waals surface area contributed by atoms with E-state index in [0.29, 0.717) is 18.7 Å². The summed E-state index contributed by atoms with van der Waals surface area (Å²) in [6.07, 6.45) is 4.31. The maximum Gasteiger partial charge on any atom is 0.171 e. The Hall–Kier alpha value is -1.35. The van der Waals surface area contributed by atoms with Crippen LogP contribution in [0.25, 0.3) is 0 Å². The van der Waals surface area contributed by atoms with Gasteiger partial charge in [0, 0.05) is 18.0 Å². The van der Waals surface area contributed by atoms with E-state index in [1.165, 1.54) is 6.42 Å². The lowest BCUT2D eigenvalue weighted by Gasteiger charge is -2.20. The van der Waals surface area contributed by atoms with Crippen molar-refractivity contribution in [3.63, 3.8) is 0 Å². The minimum absolute atomic E-state index is 0.144. The second kappa shape index (κ2) is 5.33. The Labute approximate surface area is 114 Å². The fourth-order valence-corrected chi connectivity index (χ4v) is 3.32. The summed E-state index contributed by atoms with van der Waals surface area (Å²) in [5, 5.41) is 3.53. The van der Waals surface area contributed by atoms with Gasteiger partial charge in [-0.05, 0) is 37.8 Å². The van der Waals surface area contributed by atoms with E-state index in [9.17, 15) is 4.79 Å². The SMILES string of the molecule is CCCOc1ccccc1C(=O)C1CC2CCC1N2. The van der Waals surface area contributed by atoms with Crippen molar-refractivity contribution >= 4 is 5.78 Å². The van der Waals surface area contributed by atoms with Crippen LogP contribution in [0.1, 0.15) is 43.0 Å². The summed E-state index contributed by atoms with van der Waals surface area (Å²) in [4.78, 5) is 12.7. The molecule has 3 heteroatoms. The van der Waals surface area contributed by atoms with Gasteiger partial charge >= 0.3 is 0 Å². The van der Waals surface area contributed by atoms with Crippen LogP contribution in [0, 0.1) is 5.92 Å². The van der Waals surface area contributed by atoms with E-state index in [1.54, 1.807) is 0 Å². The number of fused-ring (bicyclic) bond motifs is 2. The Morgan fingerprint density at radius 1 is 1.37 bits per heavy atom. The van der Waals surface area contributed by atoms with E-state index in [2.05, 4.69) is 12.2 Å². The van der Waals surface area contributed by atoms with Crippen molar-refractivity contribution in [1.82, 2.24) is 5.32 Å². The molecule has 2 saturated heterocycles. The van der Waals surface area contributed by atoms with Crippen LogP contribution < -0.4 is 10.1 Å². The molecule has 2 heterocycles. The van der Waals surface area contributed by atoms with Crippen LogP contribution in [0.4, 0.5) is 0 Å². The number of rotatable bonds is 5. The number of nitrogens with one attached hydrogen (secondary N) is 1. The molecule has 19 heavy (non-hydrogen) atoms. The second-order valence-electron chi connectivity index (χ2n) is 5.60. The van der Waals surface area contributed by atoms with E-state index in [0.717, 1.165) is 30.6 Å². The Kier molecular flexibility index (Phi) is 3.56. The van der Waals surface area contributed by atoms with Crippen LogP contribution in [0.2, 0.25) is 0 Å². The first-order valence-corrected chi connectivity index (χ1v) is 7.31.